The highest BCUT2D eigenvalue weighted by Crippen LogP contribution is 2.32. The van der Waals surface area contributed by atoms with Crippen LogP contribution in [-0.2, 0) is 64.4 Å². The van der Waals surface area contributed by atoms with Crippen molar-refractivity contribution in [3.05, 3.63) is 343 Å². The average molecular weight is 1570 g/mol. The maximum Gasteiger partial charge on any atom is 0.337 e. The van der Waals surface area contributed by atoms with E-state index in [2.05, 4.69) is 30.4 Å². The summed E-state index contributed by atoms with van der Waals surface area (Å²) in [5.41, 5.74) is 7.43. The molecule has 0 aliphatic carbocycles. The molecule has 2 amide bonds. The second kappa shape index (κ2) is 41.9. The molecule has 0 radical (unpaired) electrons. The van der Waals surface area contributed by atoms with Gasteiger partial charge >= 0.3 is 11.9 Å². The number of rotatable bonds is 29. The number of piperidine rings is 1. The van der Waals surface area contributed by atoms with Gasteiger partial charge in [0.1, 0.15) is 47.1 Å². The number of amides is 2. The van der Waals surface area contributed by atoms with Crippen LogP contribution in [0.4, 0.5) is 26.3 Å². The fourth-order valence-electron chi connectivity index (χ4n) is 14.5. The molecule has 592 valence electrons. The Hall–Kier alpha value is -10.5. The summed E-state index contributed by atoms with van der Waals surface area (Å²) in [4.78, 5) is 65.9. The molecule has 0 saturated carbocycles. The Bertz CT molecular complexity index is 4620. The molecule has 0 bridgehead atoms. The minimum Gasteiger partial charge on any atom is -0.469 e. The number of pyridine rings is 2. The lowest BCUT2D eigenvalue weighted by molar-refractivity contribution is -0.147. The van der Waals surface area contributed by atoms with Crippen molar-refractivity contribution in [1.82, 2.24) is 35.3 Å². The van der Waals surface area contributed by atoms with Crippen molar-refractivity contribution in [3.63, 3.8) is 0 Å². The van der Waals surface area contributed by atoms with Crippen LogP contribution in [0.5, 0.6) is 0 Å². The van der Waals surface area contributed by atoms with Crippen molar-refractivity contribution in [2.24, 2.45) is 5.92 Å². The van der Waals surface area contributed by atoms with E-state index < -0.39 is 95.2 Å². The summed E-state index contributed by atoms with van der Waals surface area (Å²) in [5.74, 6) is -6.35. The molecular formula is C89H92ClF6N7O10. The molecule has 0 spiro atoms. The van der Waals surface area contributed by atoms with E-state index in [-0.39, 0.29) is 66.0 Å². The normalized spacial score (nSPS) is 16.3. The van der Waals surface area contributed by atoms with Gasteiger partial charge in [-0.3, -0.25) is 34.2 Å². The van der Waals surface area contributed by atoms with Crippen molar-refractivity contribution in [2.75, 3.05) is 41.0 Å². The predicted molar refractivity (Wildman–Crippen MR) is 418 cm³/mol. The first-order chi connectivity index (χ1) is 54.5. The van der Waals surface area contributed by atoms with Gasteiger partial charge in [0, 0.05) is 105 Å². The minimum atomic E-state index is -1.21. The summed E-state index contributed by atoms with van der Waals surface area (Å²) < 4.78 is 99.2. The number of hydrogen-bond acceptors (Lipinski definition) is 15. The van der Waals surface area contributed by atoms with Crippen LogP contribution in [0.1, 0.15) is 125 Å². The summed E-state index contributed by atoms with van der Waals surface area (Å²) in [6, 6.07) is 57.5. The highest BCUT2D eigenvalue weighted by molar-refractivity contribution is 6.30. The number of esters is 2. The first kappa shape index (κ1) is 85.0. The van der Waals surface area contributed by atoms with Crippen LogP contribution in [0.15, 0.2) is 231 Å². The van der Waals surface area contributed by atoms with E-state index in [1.54, 1.807) is 49.4 Å². The molecule has 2 fully saturated rings. The third kappa shape index (κ3) is 25.0. The SMILES string of the molecule is COC(=O)c1ccnc([C@@H](O)[C@H](Cc2cc(F)cc(F)c2)N(Cc2ccccc2)Cc2ccccc2)c1.COC[C@H]1CCCN1C(=O)c1cc(C)cc(C(=O)NC(Cc2cc(F)cc(F)c2)[C@H](O)C2C[C@@H](C(=O)OC)CCN2)c1.O[C@H](c1cc(Cl)ccn1)[C@H](Cc1cc(F)cc(F)c1)N(Cc1ccccc1)Cc1ccccc1. The largest absolute Gasteiger partial charge is 0.469 e. The Morgan fingerprint density at radius 3 is 1.42 bits per heavy atom. The van der Waals surface area contributed by atoms with Gasteiger partial charge in [-0.25, -0.2) is 31.1 Å². The van der Waals surface area contributed by atoms with Gasteiger partial charge < -0.3 is 45.1 Å². The Labute approximate surface area is 659 Å². The molecule has 2 unspecified atom stereocenters. The van der Waals surface area contributed by atoms with Crippen LogP contribution < -0.4 is 10.6 Å². The molecule has 4 heterocycles. The monoisotopic (exact) mass is 1570 g/mol. The lowest BCUT2D eigenvalue weighted by atomic mass is 9.86. The van der Waals surface area contributed by atoms with Crippen LogP contribution in [0.3, 0.4) is 0 Å². The van der Waals surface area contributed by atoms with E-state index in [0.29, 0.717) is 85.3 Å². The summed E-state index contributed by atoms with van der Waals surface area (Å²) in [6.45, 7) is 5.23. The number of benzene rings is 8. The van der Waals surface area contributed by atoms with Gasteiger partial charge in [-0.1, -0.05) is 133 Å². The number of likely N-dealkylation sites (tertiary alicyclic amines) is 1. The summed E-state index contributed by atoms with van der Waals surface area (Å²) >= 11 is 6.17. The smallest absolute Gasteiger partial charge is 0.337 e. The number of nitrogens with one attached hydrogen (secondary N) is 2. The minimum absolute atomic E-state index is 0.0386. The number of carbonyl (C=O) groups excluding carboxylic acids is 4. The first-order valence-electron chi connectivity index (χ1n) is 37.2. The zero-order valence-electron chi connectivity index (χ0n) is 63.1. The van der Waals surface area contributed by atoms with Crippen LogP contribution in [0, 0.1) is 47.7 Å². The number of nitrogens with zero attached hydrogens (tertiary/aromatic N) is 5. The molecule has 5 N–H and O–H groups in total. The third-order valence-corrected chi connectivity index (χ3v) is 20.2. The Kier molecular flexibility index (Phi) is 31.5. The van der Waals surface area contributed by atoms with E-state index in [1.807, 2.05) is 121 Å². The molecule has 9 atom stereocenters. The van der Waals surface area contributed by atoms with Crippen LogP contribution in [-0.4, -0.2) is 141 Å². The second-order valence-corrected chi connectivity index (χ2v) is 28.7. The van der Waals surface area contributed by atoms with Gasteiger partial charge in [0.05, 0.1) is 61.9 Å². The molecule has 24 heteroatoms. The molecule has 113 heavy (non-hydrogen) atoms. The molecule has 12 rings (SSSR count). The number of hydrogen-bond donors (Lipinski definition) is 5. The van der Waals surface area contributed by atoms with Crippen molar-refractivity contribution < 1.29 is 75.1 Å². The summed E-state index contributed by atoms with van der Waals surface area (Å²) in [6.07, 6.45) is 2.32. The first-order valence-corrected chi connectivity index (χ1v) is 37.6. The maximum absolute atomic E-state index is 14.1. The number of ether oxygens (including phenoxy) is 3. The molecule has 8 aromatic carbocycles. The molecule has 17 nitrogen and oxygen atoms in total. The average Bonchev–Trinajstić information content (AvgIpc) is 1.70. The molecule has 2 aliphatic rings. The quantitative estimate of drug-likeness (QED) is 0.0218. The summed E-state index contributed by atoms with van der Waals surface area (Å²) in [5, 5.41) is 41.0. The Balaban J connectivity index is 0.000000181. The predicted octanol–water partition coefficient (Wildman–Crippen LogP) is 14.6. The van der Waals surface area contributed by atoms with Crippen LogP contribution >= 0.6 is 11.6 Å². The number of aryl methyl sites for hydroxylation is 1. The van der Waals surface area contributed by atoms with Crippen LogP contribution in [0.2, 0.25) is 5.02 Å². The highest BCUT2D eigenvalue weighted by Gasteiger charge is 2.38. The lowest BCUT2D eigenvalue weighted by Crippen LogP contribution is -2.56. The Morgan fingerprint density at radius 1 is 0.531 bits per heavy atom. The van der Waals surface area contributed by atoms with Gasteiger partial charge in [-0.2, -0.15) is 0 Å². The number of methoxy groups -OCH3 is 3. The maximum atomic E-state index is 14.1. The van der Waals surface area contributed by atoms with Gasteiger partial charge in [0.15, 0.2) is 0 Å². The molecule has 2 aliphatic heterocycles. The second-order valence-electron chi connectivity index (χ2n) is 28.3. The highest BCUT2D eigenvalue weighted by atomic mass is 35.5. The number of halogens is 7. The standard InChI is InChI=1S/C31H39F2N3O6.C30H28F2N2O3.C28H25ClF2N2O/c1-18-9-21(14-22(10-18)30(39)36-8-4-5-25(36)17-41-2)29(38)35-27(13-19-11-23(32)16-24(33)12-19)28(37)26-15-20(6-7-34-26)31(40)42-3;1-37-30(36)24-12-13-33-27(17-24)29(35)28(16-23-14-25(31)18-26(32)15-23)34(19-21-8-4-2-5-9-21)20-22-10-6-3-7-11-22;29-23-11-12-32-26(16-23)28(34)27(15-22-13-24(30)17-25(31)14-22)33(18-20-7-3-1-4-8-20)19-21-9-5-2-6-10-21/h9-12,14,16,20,25-28,34,37H,4-8,13,15,17H2,1-3H3,(H,35,38);2-15,17-18,28-29,35H,16,19-20H2,1H3;1-14,16-17,27-28,34H,15,18-19H2/t20-,25+,26?,27?,28+;28-,29+;27-,28+/m000/s1. The molecule has 10 aromatic rings. The van der Waals surface area contributed by atoms with Crippen molar-refractivity contribution in [2.45, 2.75) is 127 Å². The van der Waals surface area contributed by atoms with E-state index in [4.69, 9.17) is 25.8 Å². The topological polar surface area (TPSA) is 216 Å². The fraction of sp³-hybridized carbons (Fsp3) is 0.303. The molecule has 2 aromatic heterocycles. The zero-order valence-corrected chi connectivity index (χ0v) is 63.9. The van der Waals surface area contributed by atoms with Crippen molar-refractivity contribution in [3.8, 4) is 0 Å². The zero-order chi connectivity index (χ0) is 80.5. The van der Waals surface area contributed by atoms with Gasteiger partial charge in [0.25, 0.3) is 11.8 Å². The third-order valence-electron chi connectivity index (χ3n) is 19.9. The number of aliphatic hydroxyl groups excluding tert-OH is 3. The van der Waals surface area contributed by atoms with E-state index in [9.17, 15) is 60.8 Å². The van der Waals surface area contributed by atoms with Gasteiger partial charge in [-0.05, 0) is 182 Å². The van der Waals surface area contributed by atoms with E-state index >= 15 is 0 Å². The number of aliphatic hydroxyl groups is 3. The van der Waals surface area contributed by atoms with Crippen LogP contribution in [0.25, 0.3) is 0 Å². The van der Waals surface area contributed by atoms with Gasteiger partial charge in [-0.15, -0.1) is 0 Å². The van der Waals surface area contributed by atoms with Crippen molar-refractivity contribution in [1.29, 1.82) is 0 Å². The van der Waals surface area contributed by atoms with Gasteiger partial charge in [0.2, 0.25) is 0 Å². The molecule has 2 saturated heterocycles. The van der Waals surface area contributed by atoms with Crippen molar-refractivity contribution >= 4 is 35.4 Å². The number of aromatic nitrogens is 2. The van der Waals surface area contributed by atoms with E-state index in [0.717, 1.165) is 65.4 Å². The lowest BCUT2D eigenvalue weighted by Gasteiger charge is -2.36. The Morgan fingerprint density at radius 2 is 0.973 bits per heavy atom. The number of carbonyl (C=O) groups is 4. The molecular weight excluding hydrogens is 1480 g/mol. The van der Waals surface area contributed by atoms with E-state index in [1.165, 1.54) is 62.9 Å². The summed E-state index contributed by atoms with van der Waals surface area (Å²) in [7, 11) is 4.18. The fourth-order valence-corrected chi connectivity index (χ4v) is 14.7.